The van der Waals surface area contributed by atoms with E-state index in [1.807, 2.05) is 25.1 Å². The first kappa shape index (κ1) is 18.4. The Morgan fingerprint density at radius 3 is 1.38 bits per heavy atom. The summed E-state index contributed by atoms with van der Waals surface area (Å²) in [5.41, 5.74) is 0. The maximum absolute atomic E-state index is 12.8. The van der Waals surface area contributed by atoms with Gasteiger partial charge in [0.2, 0.25) is 0 Å². The summed E-state index contributed by atoms with van der Waals surface area (Å²) in [5.74, 6) is -0.149. The Morgan fingerprint density at radius 2 is 1.08 bits per heavy atom. The molecule has 0 bridgehead atoms. The molecule has 0 unspecified atom stereocenters. The molecule has 0 amide bonds. The van der Waals surface area contributed by atoms with Crippen LogP contribution in [-0.2, 0) is 9.53 Å². The fourth-order valence-electron chi connectivity index (χ4n) is 3.75. The van der Waals surface area contributed by atoms with Gasteiger partial charge in [0, 0.05) is 0 Å². The molecule has 134 valence electrons. The number of carbonyl (C=O) groups is 1. The van der Waals surface area contributed by atoms with E-state index in [-0.39, 0.29) is 5.97 Å². The van der Waals surface area contributed by atoms with Gasteiger partial charge in [0.05, 0.1) is 0 Å². The van der Waals surface area contributed by atoms with Crippen LogP contribution < -0.4 is 15.9 Å². The van der Waals surface area contributed by atoms with Crippen molar-refractivity contribution in [1.29, 1.82) is 0 Å². The molecular weight excluding hydrogens is 339 g/mol. The predicted molar refractivity (Wildman–Crippen MR) is 113 cm³/mol. The van der Waals surface area contributed by atoms with Gasteiger partial charge < -0.3 is 0 Å². The molecule has 3 aromatic rings. The number of carbonyl (C=O) groups excluding carboxylic acids is 1. The van der Waals surface area contributed by atoms with E-state index in [0.717, 1.165) is 0 Å². The number of ether oxygens (including phenoxy) is 1. The fourth-order valence-corrected chi connectivity index (χ4v) is 8.86. The van der Waals surface area contributed by atoms with Crippen LogP contribution in [0.1, 0.15) is 6.92 Å². The molecule has 26 heavy (non-hydrogen) atoms. The zero-order valence-electron chi connectivity index (χ0n) is 15.3. The SMILES string of the molecule is CCOC(=O)CP(C)(c1ccccc1)(c1ccccc1)c1ccccc1. The molecule has 3 aromatic carbocycles. The summed E-state index contributed by atoms with van der Waals surface area (Å²) >= 11 is 0. The summed E-state index contributed by atoms with van der Waals surface area (Å²) in [5, 5.41) is 3.59. The molecule has 0 saturated heterocycles. The second-order valence-corrected chi connectivity index (χ2v) is 12.2. The third kappa shape index (κ3) is 3.06. The normalized spacial score (nSPS) is 12.8. The van der Waals surface area contributed by atoms with Crippen molar-refractivity contribution >= 4 is 28.5 Å². The fraction of sp³-hybridized carbons (Fsp3) is 0.174. The molecule has 0 fully saturated rings. The van der Waals surface area contributed by atoms with Crippen molar-refractivity contribution in [1.82, 2.24) is 0 Å². The maximum atomic E-state index is 12.8. The van der Waals surface area contributed by atoms with Crippen LogP contribution in [0.3, 0.4) is 0 Å². The summed E-state index contributed by atoms with van der Waals surface area (Å²) in [4.78, 5) is 12.8. The molecular formula is C23H25O2P. The molecule has 2 nitrogen and oxygen atoms in total. The van der Waals surface area contributed by atoms with E-state index in [1.54, 1.807) is 0 Å². The van der Waals surface area contributed by atoms with Gasteiger partial charge in [-0.1, -0.05) is 0 Å². The third-order valence-electron chi connectivity index (χ3n) is 5.20. The molecule has 3 heteroatoms. The van der Waals surface area contributed by atoms with Crippen LogP contribution in [0, 0.1) is 0 Å². The molecule has 3 rings (SSSR count). The molecule has 0 aromatic heterocycles. The van der Waals surface area contributed by atoms with Crippen molar-refractivity contribution in [3.63, 3.8) is 0 Å². The van der Waals surface area contributed by atoms with E-state index in [1.165, 1.54) is 15.9 Å². The van der Waals surface area contributed by atoms with Gasteiger partial charge in [-0.15, -0.1) is 0 Å². The third-order valence-corrected chi connectivity index (χ3v) is 11.3. The van der Waals surface area contributed by atoms with Crippen molar-refractivity contribution in [3.05, 3.63) is 91.0 Å². The van der Waals surface area contributed by atoms with Gasteiger partial charge in [0.15, 0.2) is 0 Å². The van der Waals surface area contributed by atoms with Crippen molar-refractivity contribution in [2.45, 2.75) is 6.92 Å². The van der Waals surface area contributed by atoms with Gasteiger partial charge in [0.1, 0.15) is 0 Å². The quantitative estimate of drug-likeness (QED) is 0.492. The second-order valence-electron chi connectivity index (χ2n) is 6.77. The first-order valence-corrected chi connectivity index (χ1v) is 11.8. The topological polar surface area (TPSA) is 26.3 Å². The van der Waals surface area contributed by atoms with E-state index in [9.17, 15) is 4.79 Å². The zero-order chi connectivity index (χ0) is 18.5. The zero-order valence-corrected chi connectivity index (χ0v) is 16.2. The number of benzene rings is 3. The number of esters is 1. The van der Waals surface area contributed by atoms with Crippen LogP contribution in [0.25, 0.3) is 0 Å². The van der Waals surface area contributed by atoms with E-state index in [4.69, 9.17) is 4.74 Å². The molecule has 0 spiro atoms. The van der Waals surface area contributed by atoms with Crippen molar-refractivity contribution < 1.29 is 9.53 Å². The Morgan fingerprint density at radius 1 is 0.731 bits per heavy atom. The monoisotopic (exact) mass is 364 g/mol. The van der Waals surface area contributed by atoms with E-state index in [0.29, 0.717) is 12.8 Å². The standard InChI is InChI=1S/C23H25O2P/c1-3-25-23(24)19-26(2,20-13-7-4-8-14-20,21-15-9-5-10-16-21)22-17-11-6-12-18-22/h4-18H,3,19H2,1-2H3. The van der Waals surface area contributed by atoms with Gasteiger partial charge in [-0.05, 0) is 0 Å². The summed E-state index contributed by atoms with van der Waals surface area (Å²) in [6.45, 7) is 1.52. The van der Waals surface area contributed by atoms with Crippen molar-refractivity contribution in [2.24, 2.45) is 0 Å². The number of hydrogen-bond acceptors (Lipinski definition) is 2. The first-order valence-electron chi connectivity index (χ1n) is 8.92. The predicted octanol–water partition coefficient (Wildman–Crippen LogP) is 3.71. The molecule has 0 radical (unpaired) electrons. The van der Waals surface area contributed by atoms with Gasteiger partial charge >= 0.3 is 155 Å². The van der Waals surface area contributed by atoms with Crippen molar-refractivity contribution in [2.75, 3.05) is 19.4 Å². The summed E-state index contributed by atoms with van der Waals surface area (Å²) in [6, 6.07) is 31.3. The van der Waals surface area contributed by atoms with Gasteiger partial charge in [-0.3, -0.25) is 0 Å². The molecule has 0 saturated carbocycles. The van der Waals surface area contributed by atoms with E-state index in [2.05, 4.69) is 79.5 Å². The molecule has 0 aliphatic rings. The van der Waals surface area contributed by atoms with Crippen LogP contribution in [0.15, 0.2) is 91.0 Å². The number of rotatable bonds is 6. The van der Waals surface area contributed by atoms with Crippen LogP contribution in [0.4, 0.5) is 0 Å². The van der Waals surface area contributed by atoms with Gasteiger partial charge in [-0.2, -0.15) is 0 Å². The molecule has 0 N–H and O–H groups in total. The Balaban J connectivity index is 2.37. The Bertz CT molecular complexity index is 761. The summed E-state index contributed by atoms with van der Waals surface area (Å²) in [6.07, 6.45) is 0.359. The van der Waals surface area contributed by atoms with Crippen LogP contribution in [0.5, 0.6) is 0 Å². The summed E-state index contributed by atoms with van der Waals surface area (Å²) in [7, 11) is 0. The van der Waals surface area contributed by atoms with Crippen LogP contribution >= 0.6 is 6.60 Å². The Kier molecular flexibility index (Phi) is 5.25. The van der Waals surface area contributed by atoms with Crippen molar-refractivity contribution in [3.8, 4) is 0 Å². The van der Waals surface area contributed by atoms with Gasteiger partial charge in [-0.25, -0.2) is 0 Å². The molecule has 0 aliphatic carbocycles. The van der Waals surface area contributed by atoms with E-state index >= 15 is 0 Å². The summed E-state index contributed by atoms with van der Waals surface area (Å²) < 4.78 is 5.42. The molecule has 0 heterocycles. The van der Waals surface area contributed by atoms with Crippen LogP contribution in [0.2, 0.25) is 0 Å². The molecule has 0 aliphatic heterocycles. The minimum absolute atomic E-state index is 0.149. The second kappa shape index (κ2) is 7.43. The van der Waals surface area contributed by atoms with Crippen LogP contribution in [-0.4, -0.2) is 25.4 Å². The molecule has 0 atom stereocenters. The average molecular weight is 364 g/mol. The number of hydrogen-bond donors (Lipinski definition) is 0. The average Bonchev–Trinajstić information content (AvgIpc) is 2.70. The Hall–Kier alpha value is -2.44. The van der Waals surface area contributed by atoms with Gasteiger partial charge in [0.25, 0.3) is 0 Å². The Labute approximate surface area is 155 Å². The minimum atomic E-state index is -3.01. The van der Waals surface area contributed by atoms with E-state index < -0.39 is 6.60 Å². The first-order chi connectivity index (χ1) is 12.6.